The van der Waals surface area contributed by atoms with Gasteiger partial charge >= 0.3 is 23.9 Å². The molecule has 0 aliphatic carbocycles. The Balaban J connectivity index is 3.52. The molecule has 170 valence electrons. The third-order valence-corrected chi connectivity index (χ3v) is 5.42. The lowest BCUT2D eigenvalue weighted by Gasteiger charge is -2.43. The van der Waals surface area contributed by atoms with E-state index in [1.165, 1.54) is 0 Å². The van der Waals surface area contributed by atoms with Crippen LogP contribution in [0.1, 0.15) is 27.7 Å². The fraction of sp³-hybridized carbons (Fsp3) is 0.688. The number of sulfone groups is 1. The Bertz CT molecular complexity index is 807. The van der Waals surface area contributed by atoms with Crippen LogP contribution in [0.4, 0.5) is 0 Å². The number of carbonyl (C=O) groups is 5. The first kappa shape index (κ1) is 25.3. The van der Waals surface area contributed by atoms with E-state index in [1.54, 1.807) is 0 Å². The highest BCUT2D eigenvalue weighted by molar-refractivity contribution is 7.92. The molecule has 13 nitrogen and oxygen atoms in total. The lowest BCUT2D eigenvalue weighted by Crippen LogP contribution is -2.64. The summed E-state index contributed by atoms with van der Waals surface area (Å²) in [5.41, 5.74) is 2.93. The molecule has 0 radical (unpaired) electrons. The topological polar surface area (TPSA) is 192 Å². The Hall–Kier alpha value is -2.74. The Labute approximate surface area is 172 Å². The van der Waals surface area contributed by atoms with E-state index < -0.39 is 81.8 Å². The van der Waals surface area contributed by atoms with Crippen molar-refractivity contribution in [1.82, 2.24) is 0 Å². The van der Waals surface area contributed by atoms with Crippen LogP contribution in [0.15, 0.2) is 0 Å². The van der Waals surface area contributed by atoms with E-state index in [2.05, 4.69) is 0 Å². The number of primary amides is 1. The van der Waals surface area contributed by atoms with Gasteiger partial charge in [0.05, 0.1) is 0 Å². The van der Waals surface area contributed by atoms with Gasteiger partial charge in [-0.3, -0.25) is 24.0 Å². The molecule has 1 saturated heterocycles. The molecule has 0 aromatic carbocycles. The van der Waals surface area contributed by atoms with Crippen LogP contribution < -0.4 is 5.73 Å². The lowest BCUT2D eigenvalue weighted by atomic mass is 9.99. The van der Waals surface area contributed by atoms with Crippen LogP contribution in [0.3, 0.4) is 0 Å². The Morgan fingerprint density at radius 3 is 1.70 bits per heavy atom. The zero-order valence-corrected chi connectivity index (χ0v) is 17.5. The van der Waals surface area contributed by atoms with Gasteiger partial charge in [0.2, 0.25) is 5.91 Å². The van der Waals surface area contributed by atoms with Gasteiger partial charge in [0.25, 0.3) is 0 Å². The number of hydrogen-bond acceptors (Lipinski definition) is 12. The maximum Gasteiger partial charge on any atom is 0.303 e. The van der Waals surface area contributed by atoms with Gasteiger partial charge in [0.1, 0.15) is 18.5 Å². The largest absolute Gasteiger partial charge is 0.463 e. The molecule has 1 aliphatic heterocycles. The van der Waals surface area contributed by atoms with E-state index in [0.29, 0.717) is 0 Å². The fourth-order valence-corrected chi connectivity index (χ4v) is 4.25. The smallest absolute Gasteiger partial charge is 0.303 e. The van der Waals surface area contributed by atoms with Crippen molar-refractivity contribution in [3.05, 3.63) is 0 Å². The van der Waals surface area contributed by atoms with Gasteiger partial charge in [-0.15, -0.1) is 0 Å². The molecule has 0 unspecified atom stereocenters. The van der Waals surface area contributed by atoms with E-state index in [4.69, 9.17) is 29.4 Å². The van der Waals surface area contributed by atoms with Gasteiger partial charge in [-0.1, -0.05) is 0 Å². The van der Waals surface area contributed by atoms with Crippen molar-refractivity contribution in [3.63, 3.8) is 0 Å². The summed E-state index contributed by atoms with van der Waals surface area (Å²) in [6, 6.07) is 0. The highest BCUT2D eigenvalue weighted by atomic mass is 32.2. The second-order valence-corrected chi connectivity index (χ2v) is 8.42. The summed E-state index contributed by atoms with van der Waals surface area (Å²) in [6.45, 7) is 3.43. The average Bonchev–Trinajstić information content (AvgIpc) is 2.54. The lowest BCUT2D eigenvalue weighted by molar-refractivity contribution is -0.238. The van der Waals surface area contributed by atoms with Crippen molar-refractivity contribution in [2.24, 2.45) is 5.73 Å². The predicted octanol–water partition coefficient (Wildman–Crippen LogP) is -2.03. The van der Waals surface area contributed by atoms with E-state index in [1.807, 2.05) is 0 Å². The fourth-order valence-electron chi connectivity index (χ4n) is 2.76. The van der Waals surface area contributed by atoms with Crippen molar-refractivity contribution >= 4 is 39.6 Å². The van der Waals surface area contributed by atoms with Gasteiger partial charge in [0.15, 0.2) is 33.6 Å². The molecule has 1 aliphatic rings. The van der Waals surface area contributed by atoms with Crippen LogP contribution in [0.2, 0.25) is 0 Å². The zero-order chi connectivity index (χ0) is 23.2. The maximum absolute atomic E-state index is 12.7. The van der Waals surface area contributed by atoms with Crippen molar-refractivity contribution < 1.29 is 56.1 Å². The highest BCUT2D eigenvalue weighted by Crippen LogP contribution is 2.32. The minimum absolute atomic E-state index is 0.597. The molecular formula is C16H23NO12S. The van der Waals surface area contributed by atoms with Crippen molar-refractivity contribution in [2.45, 2.75) is 57.5 Å². The molecule has 30 heavy (non-hydrogen) atoms. The van der Waals surface area contributed by atoms with E-state index in [9.17, 15) is 32.4 Å². The number of rotatable bonds is 8. The minimum atomic E-state index is -4.52. The Morgan fingerprint density at radius 2 is 1.27 bits per heavy atom. The van der Waals surface area contributed by atoms with Crippen LogP contribution in [0.25, 0.3) is 0 Å². The highest BCUT2D eigenvalue weighted by Gasteiger charge is 2.56. The van der Waals surface area contributed by atoms with Crippen LogP contribution >= 0.6 is 0 Å². The molecule has 1 heterocycles. The summed E-state index contributed by atoms with van der Waals surface area (Å²) in [6.07, 6.45) is -6.41. The van der Waals surface area contributed by atoms with E-state index in [0.717, 1.165) is 27.7 Å². The van der Waals surface area contributed by atoms with Gasteiger partial charge in [-0.2, -0.15) is 0 Å². The normalized spacial score (nSPS) is 26.2. The first-order valence-corrected chi connectivity index (χ1v) is 10.3. The Kier molecular flexibility index (Phi) is 8.72. The third kappa shape index (κ3) is 7.26. The first-order valence-electron chi connectivity index (χ1n) is 8.55. The Morgan fingerprint density at radius 1 is 0.800 bits per heavy atom. The van der Waals surface area contributed by atoms with Crippen LogP contribution in [-0.2, 0) is 57.5 Å². The quantitative estimate of drug-likeness (QED) is 0.313. The molecular weight excluding hydrogens is 430 g/mol. The number of nitrogens with two attached hydrogens (primary N) is 1. The third-order valence-electron chi connectivity index (χ3n) is 3.65. The second kappa shape index (κ2) is 10.3. The second-order valence-electron chi connectivity index (χ2n) is 6.34. The molecule has 14 heteroatoms. The minimum Gasteiger partial charge on any atom is -0.463 e. The van der Waals surface area contributed by atoms with E-state index >= 15 is 0 Å². The zero-order valence-electron chi connectivity index (χ0n) is 16.7. The number of amides is 1. The van der Waals surface area contributed by atoms with Gasteiger partial charge in [-0.05, 0) is 0 Å². The van der Waals surface area contributed by atoms with Crippen molar-refractivity contribution in [2.75, 3.05) is 12.4 Å². The number of esters is 4. The van der Waals surface area contributed by atoms with Gasteiger partial charge < -0.3 is 29.4 Å². The molecule has 1 rings (SSSR count). The molecule has 1 fully saturated rings. The number of hydrogen-bond donors (Lipinski definition) is 1. The van der Waals surface area contributed by atoms with E-state index in [-0.39, 0.29) is 0 Å². The van der Waals surface area contributed by atoms with Gasteiger partial charge in [-0.25, -0.2) is 8.42 Å². The maximum atomic E-state index is 12.7. The standard InChI is InChI=1S/C16H23NO12S/c1-7(18)25-5-11-13(26-8(2)19)14(27-9(3)20)15(28-10(4)21)16(29-11)30(23,24)6-12(17)22/h11,13-16H,5-6H2,1-4H3,(H2,17,22)/t11-,13-,14+,15+,16-/m1/s1. The molecule has 1 amide bonds. The number of ether oxygens (including phenoxy) is 5. The van der Waals surface area contributed by atoms with Crippen molar-refractivity contribution in [3.8, 4) is 0 Å². The first-order chi connectivity index (χ1) is 13.7. The monoisotopic (exact) mass is 453 g/mol. The summed E-state index contributed by atoms with van der Waals surface area (Å²) in [4.78, 5) is 57.2. The summed E-state index contributed by atoms with van der Waals surface area (Å²) in [5.74, 6) is -5.92. The molecule has 0 spiro atoms. The molecule has 2 N–H and O–H groups in total. The van der Waals surface area contributed by atoms with Crippen LogP contribution in [0.5, 0.6) is 0 Å². The predicted molar refractivity (Wildman–Crippen MR) is 94.9 cm³/mol. The SMILES string of the molecule is CC(=O)OC[C@H]1O[C@H](S(=O)(=O)CC(N)=O)[C@@H](OC(C)=O)[C@@H](OC(C)=O)[C@@H]1OC(C)=O. The van der Waals surface area contributed by atoms with Gasteiger partial charge in [0, 0.05) is 27.7 Å². The summed E-state index contributed by atoms with van der Waals surface area (Å²) < 4.78 is 50.7. The molecule has 5 atom stereocenters. The van der Waals surface area contributed by atoms with Crippen LogP contribution in [0, 0.1) is 0 Å². The van der Waals surface area contributed by atoms with Crippen LogP contribution in [-0.4, -0.2) is 80.4 Å². The number of carbonyl (C=O) groups excluding carboxylic acids is 5. The summed E-state index contributed by atoms with van der Waals surface area (Å²) >= 11 is 0. The summed E-state index contributed by atoms with van der Waals surface area (Å²) in [5, 5.41) is 0. The van der Waals surface area contributed by atoms with Crippen molar-refractivity contribution in [1.29, 1.82) is 0 Å². The molecule has 0 aromatic heterocycles. The molecule has 0 aromatic rings. The summed E-state index contributed by atoms with van der Waals surface area (Å²) in [7, 11) is -4.52. The molecule has 0 bridgehead atoms. The average molecular weight is 453 g/mol. The molecule has 0 saturated carbocycles.